The van der Waals surface area contributed by atoms with Crippen LogP contribution in [0.15, 0.2) is 24.3 Å². The van der Waals surface area contributed by atoms with Gasteiger partial charge in [-0.05, 0) is 39.3 Å². The molecule has 2 aromatic heterocycles. The molecule has 1 aliphatic carbocycles. The summed E-state index contributed by atoms with van der Waals surface area (Å²) >= 11 is 1.38. The fourth-order valence-corrected chi connectivity index (χ4v) is 5.29. The first-order chi connectivity index (χ1) is 15.8. The van der Waals surface area contributed by atoms with E-state index in [9.17, 15) is 28.5 Å². The largest absolute Gasteiger partial charge is 0.405 e. The molecule has 4 unspecified atom stereocenters. The number of aliphatic hydroxyl groups is 3. The number of thiazole rings is 1. The molecule has 34 heavy (non-hydrogen) atoms. The molecule has 0 amide bonds. The molecule has 1 aromatic carbocycles. The summed E-state index contributed by atoms with van der Waals surface area (Å²) in [5.74, 6) is -0.658. The molecule has 1 aliphatic rings. The maximum absolute atomic E-state index is 12.8. The molecule has 2 heterocycles. The van der Waals surface area contributed by atoms with Gasteiger partial charge < -0.3 is 26.0 Å². The second-order valence-electron chi connectivity index (χ2n) is 9.04. The van der Waals surface area contributed by atoms with Gasteiger partial charge in [0.05, 0.1) is 39.2 Å². The number of hydrogen-bond donors (Lipinski definition) is 5. The molecule has 0 saturated heterocycles. The van der Waals surface area contributed by atoms with Crippen molar-refractivity contribution in [3.05, 3.63) is 30.0 Å². The van der Waals surface area contributed by atoms with Crippen molar-refractivity contribution in [2.24, 2.45) is 5.92 Å². The number of nitrogens with zero attached hydrogens (tertiary/aromatic N) is 3. The summed E-state index contributed by atoms with van der Waals surface area (Å²) in [4.78, 5) is 13.1. The highest BCUT2D eigenvalue weighted by molar-refractivity contribution is 7.21. The normalized spacial score (nSPS) is 23.4. The van der Waals surface area contributed by atoms with Crippen LogP contribution in [0.25, 0.3) is 20.8 Å². The van der Waals surface area contributed by atoms with E-state index in [0.717, 1.165) is 10.2 Å². The lowest BCUT2D eigenvalue weighted by Crippen LogP contribution is -2.40. The number of nitrogens with one attached hydrogen (secondary N) is 2. The Morgan fingerprint density at radius 1 is 1.09 bits per heavy atom. The first kappa shape index (κ1) is 24.6. The number of para-hydroxylation sites is 1. The molecule has 184 valence electrons. The number of anilines is 2. The summed E-state index contributed by atoms with van der Waals surface area (Å²) in [7, 11) is 0. The van der Waals surface area contributed by atoms with Crippen LogP contribution in [0.5, 0.6) is 0 Å². The van der Waals surface area contributed by atoms with E-state index in [1.807, 2.05) is 24.3 Å². The highest BCUT2D eigenvalue weighted by atomic mass is 32.1. The van der Waals surface area contributed by atoms with Gasteiger partial charge in [-0.2, -0.15) is 18.2 Å². The lowest BCUT2D eigenvalue weighted by Gasteiger charge is -2.28. The van der Waals surface area contributed by atoms with Gasteiger partial charge in [-0.1, -0.05) is 12.1 Å². The minimum Gasteiger partial charge on any atom is -0.390 e. The molecule has 0 radical (unpaired) electrons. The van der Waals surface area contributed by atoms with Gasteiger partial charge >= 0.3 is 6.18 Å². The van der Waals surface area contributed by atoms with Gasteiger partial charge in [-0.25, -0.2) is 9.97 Å². The van der Waals surface area contributed by atoms with E-state index in [2.05, 4.69) is 25.6 Å². The van der Waals surface area contributed by atoms with Gasteiger partial charge in [0, 0.05) is 5.92 Å². The molecule has 1 fully saturated rings. The fourth-order valence-electron chi connectivity index (χ4n) is 4.23. The van der Waals surface area contributed by atoms with Crippen molar-refractivity contribution in [3.8, 4) is 10.6 Å². The highest BCUT2D eigenvalue weighted by Crippen LogP contribution is 2.40. The average Bonchev–Trinajstić information content (AvgIpc) is 3.27. The summed E-state index contributed by atoms with van der Waals surface area (Å²) in [6.07, 6.45) is -6.64. The third-order valence-corrected chi connectivity index (χ3v) is 7.01. The second-order valence-corrected chi connectivity index (χ2v) is 10.1. The van der Waals surface area contributed by atoms with Crippen LogP contribution in [-0.4, -0.2) is 66.8 Å². The van der Waals surface area contributed by atoms with E-state index < -0.39 is 42.5 Å². The van der Waals surface area contributed by atoms with Crippen LogP contribution >= 0.6 is 11.3 Å². The van der Waals surface area contributed by atoms with Crippen LogP contribution in [0.4, 0.5) is 24.9 Å². The Morgan fingerprint density at radius 3 is 2.41 bits per heavy atom. The van der Waals surface area contributed by atoms with Gasteiger partial charge in [0.25, 0.3) is 0 Å². The van der Waals surface area contributed by atoms with Crippen molar-refractivity contribution in [1.82, 2.24) is 15.0 Å². The number of benzene rings is 1. The third kappa shape index (κ3) is 5.09. The smallest absolute Gasteiger partial charge is 0.390 e. The summed E-state index contributed by atoms with van der Waals surface area (Å²) in [6.45, 7) is 3.44. The summed E-state index contributed by atoms with van der Waals surface area (Å²) in [6, 6.07) is 6.78. The first-order valence-electron chi connectivity index (χ1n) is 10.7. The van der Waals surface area contributed by atoms with E-state index in [4.69, 9.17) is 0 Å². The van der Waals surface area contributed by atoms with E-state index in [1.54, 1.807) is 20.8 Å². The van der Waals surface area contributed by atoms with E-state index in [-0.39, 0.29) is 18.2 Å². The average molecular weight is 498 g/mol. The van der Waals surface area contributed by atoms with Gasteiger partial charge in [0.2, 0.25) is 5.95 Å². The van der Waals surface area contributed by atoms with Crippen LogP contribution < -0.4 is 10.6 Å². The number of aromatic nitrogens is 3. The van der Waals surface area contributed by atoms with Gasteiger partial charge in [0.1, 0.15) is 23.5 Å². The zero-order valence-corrected chi connectivity index (χ0v) is 19.6. The highest BCUT2D eigenvalue weighted by Gasteiger charge is 2.48. The Bertz CT molecular complexity index is 1150. The van der Waals surface area contributed by atoms with Gasteiger partial charge in [0.15, 0.2) is 0 Å². The Balaban J connectivity index is 1.74. The van der Waals surface area contributed by atoms with E-state index in [1.165, 1.54) is 11.3 Å². The Morgan fingerprint density at radius 2 is 1.79 bits per heavy atom. The van der Waals surface area contributed by atoms with Crippen molar-refractivity contribution < 1.29 is 28.5 Å². The zero-order valence-electron chi connectivity index (χ0n) is 18.8. The Kier molecular flexibility index (Phi) is 6.44. The van der Waals surface area contributed by atoms with Crippen molar-refractivity contribution in [2.75, 3.05) is 17.2 Å². The third-order valence-electron chi connectivity index (χ3n) is 5.96. The monoisotopic (exact) mass is 497 g/mol. The lowest BCUT2D eigenvalue weighted by atomic mass is 9.88. The van der Waals surface area contributed by atoms with Crippen molar-refractivity contribution >= 4 is 33.3 Å². The molecule has 8 nitrogen and oxygen atoms in total. The number of hydrogen-bond acceptors (Lipinski definition) is 9. The molecule has 12 heteroatoms. The molecule has 4 rings (SSSR count). The van der Waals surface area contributed by atoms with Crippen molar-refractivity contribution in [2.45, 2.75) is 57.2 Å². The van der Waals surface area contributed by atoms with Crippen LogP contribution in [0.1, 0.15) is 26.0 Å². The molecule has 1 saturated carbocycles. The SMILES string of the molecule is Cc1nc(NCC(F)(F)F)nc(NC2CC(C(C)(C)O)C(O)C2O)c1-c1nc2ccccc2s1. The number of aliphatic hydroxyl groups excluding tert-OH is 2. The summed E-state index contributed by atoms with van der Waals surface area (Å²) in [5.41, 5.74) is 0.402. The molecule has 0 bridgehead atoms. The topological polar surface area (TPSA) is 123 Å². The molecule has 3 aromatic rings. The summed E-state index contributed by atoms with van der Waals surface area (Å²) in [5, 5.41) is 37.3. The number of aryl methyl sites for hydroxylation is 1. The Labute approximate surface area is 197 Å². The predicted molar refractivity (Wildman–Crippen MR) is 124 cm³/mol. The molecular weight excluding hydrogens is 471 g/mol. The molecule has 4 atom stereocenters. The van der Waals surface area contributed by atoms with Crippen LogP contribution in [0.2, 0.25) is 0 Å². The van der Waals surface area contributed by atoms with Crippen molar-refractivity contribution in [1.29, 1.82) is 0 Å². The number of fused-ring (bicyclic) bond motifs is 1. The molecule has 0 spiro atoms. The minimum absolute atomic E-state index is 0.184. The lowest BCUT2D eigenvalue weighted by molar-refractivity contribution is -0.115. The van der Waals surface area contributed by atoms with Crippen LogP contribution in [0.3, 0.4) is 0 Å². The number of halogens is 3. The maximum Gasteiger partial charge on any atom is 0.405 e. The first-order valence-corrected chi connectivity index (χ1v) is 11.6. The van der Waals surface area contributed by atoms with E-state index >= 15 is 0 Å². The molecule has 0 aliphatic heterocycles. The fraction of sp³-hybridized carbons (Fsp3) is 0.500. The number of rotatable bonds is 6. The Hall–Kier alpha value is -2.54. The van der Waals surface area contributed by atoms with Crippen molar-refractivity contribution in [3.63, 3.8) is 0 Å². The van der Waals surface area contributed by atoms with Gasteiger partial charge in [-0.15, -0.1) is 11.3 Å². The second kappa shape index (κ2) is 8.91. The zero-order chi connectivity index (χ0) is 24.8. The standard InChI is InChI=1S/C22H26F3N5O3S/c1-10-15(19-29-12-6-4-5-7-14(12)34-19)18(30-20(27-10)26-9-22(23,24)25)28-13-8-11(21(2,3)33)16(31)17(13)32/h4-7,11,13,16-17,31-33H,8-9H2,1-3H3,(H2,26,27,28,30). The van der Waals surface area contributed by atoms with Gasteiger partial charge in [-0.3, -0.25) is 0 Å². The summed E-state index contributed by atoms with van der Waals surface area (Å²) < 4.78 is 39.2. The van der Waals surface area contributed by atoms with Crippen LogP contribution in [-0.2, 0) is 0 Å². The minimum atomic E-state index is -4.46. The van der Waals surface area contributed by atoms with Crippen LogP contribution in [0, 0.1) is 12.8 Å². The quantitative estimate of drug-likeness (QED) is 0.352. The molecule has 5 N–H and O–H groups in total. The molecular formula is C22H26F3N5O3S. The van der Waals surface area contributed by atoms with E-state index in [0.29, 0.717) is 16.3 Å². The predicted octanol–water partition coefficient (Wildman–Crippen LogP) is 3.33. The maximum atomic E-state index is 12.8. The number of alkyl halides is 3.